The summed E-state index contributed by atoms with van der Waals surface area (Å²) in [6.07, 6.45) is 1.23. The summed E-state index contributed by atoms with van der Waals surface area (Å²) < 4.78 is 13.3. The predicted octanol–water partition coefficient (Wildman–Crippen LogP) is 4.49. The quantitative estimate of drug-likeness (QED) is 0.880. The van der Waals surface area contributed by atoms with E-state index < -0.39 is 5.60 Å². The fraction of sp³-hybridized carbons (Fsp3) is 0.294. The molecule has 106 valence electrons. The normalized spacial score (nSPS) is 14.1. The molecular formula is C17H18ClFO. The van der Waals surface area contributed by atoms with Crippen LogP contribution in [-0.4, -0.2) is 5.11 Å². The Bertz CT molecular complexity index is 590. The molecule has 0 heterocycles. The molecule has 0 amide bonds. The van der Waals surface area contributed by atoms with Crippen LogP contribution in [-0.2, 0) is 18.4 Å². The summed E-state index contributed by atoms with van der Waals surface area (Å²) in [6.45, 7) is 3.80. The highest BCUT2D eigenvalue weighted by Crippen LogP contribution is 2.29. The van der Waals surface area contributed by atoms with E-state index in [1.807, 2.05) is 24.3 Å². The van der Waals surface area contributed by atoms with E-state index in [4.69, 9.17) is 11.6 Å². The average molecular weight is 293 g/mol. The van der Waals surface area contributed by atoms with Gasteiger partial charge in [0.05, 0.1) is 5.60 Å². The van der Waals surface area contributed by atoms with Crippen molar-refractivity contribution in [2.45, 2.75) is 32.3 Å². The van der Waals surface area contributed by atoms with Crippen molar-refractivity contribution in [1.29, 1.82) is 0 Å². The first-order valence-electron chi connectivity index (χ1n) is 6.68. The molecule has 0 bridgehead atoms. The van der Waals surface area contributed by atoms with E-state index in [0.29, 0.717) is 10.6 Å². The molecule has 1 nitrogen and oxygen atoms in total. The van der Waals surface area contributed by atoms with E-state index in [0.717, 1.165) is 12.0 Å². The number of hydrogen-bond donors (Lipinski definition) is 1. The molecule has 0 aromatic heterocycles. The van der Waals surface area contributed by atoms with Crippen molar-refractivity contribution in [3.8, 4) is 0 Å². The van der Waals surface area contributed by atoms with Crippen molar-refractivity contribution in [1.82, 2.24) is 0 Å². The van der Waals surface area contributed by atoms with Gasteiger partial charge in [-0.2, -0.15) is 0 Å². The van der Waals surface area contributed by atoms with Gasteiger partial charge < -0.3 is 5.11 Å². The van der Waals surface area contributed by atoms with Crippen LogP contribution in [0.15, 0.2) is 42.5 Å². The molecule has 1 atom stereocenters. The van der Waals surface area contributed by atoms with Crippen LogP contribution in [0.3, 0.4) is 0 Å². The Morgan fingerprint density at radius 1 is 1.15 bits per heavy atom. The van der Waals surface area contributed by atoms with Crippen molar-refractivity contribution in [2.24, 2.45) is 0 Å². The maximum Gasteiger partial charge on any atom is 0.123 e. The number of aliphatic hydroxyl groups is 1. The number of hydrogen-bond acceptors (Lipinski definition) is 1. The lowest BCUT2D eigenvalue weighted by Crippen LogP contribution is -2.24. The third kappa shape index (κ3) is 3.38. The Kier molecular flexibility index (Phi) is 4.46. The Balaban J connectivity index is 2.27. The van der Waals surface area contributed by atoms with E-state index in [9.17, 15) is 9.50 Å². The molecule has 0 saturated carbocycles. The number of aryl methyl sites for hydroxylation is 1. The average Bonchev–Trinajstić information content (AvgIpc) is 2.43. The van der Waals surface area contributed by atoms with Crippen molar-refractivity contribution >= 4 is 11.6 Å². The van der Waals surface area contributed by atoms with Gasteiger partial charge in [-0.15, -0.1) is 0 Å². The Labute approximate surface area is 124 Å². The lowest BCUT2D eigenvalue weighted by atomic mass is 9.88. The Morgan fingerprint density at radius 2 is 1.80 bits per heavy atom. The lowest BCUT2D eigenvalue weighted by molar-refractivity contribution is 0.0576. The molecule has 1 N–H and O–H groups in total. The van der Waals surface area contributed by atoms with Crippen LogP contribution in [0.1, 0.15) is 30.5 Å². The molecule has 1 unspecified atom stereocenters. The highest BCUT2D eigenvalue weighted by molar-refractivity contribution is 6.31. The molecule has 0 radical (unpaired) electrons. The molecule has 0 saturated heterocycles. The van der Waals surface area contributed by atoms with Crippen LogP contribution in [0.5, 0.6) is 0 Å². The Morgan fingerprint density at radius 3 is 2.40 bits per heavy atom. The molecule has 0 fully saturated rings. The van der Waals surface area contributed by atoms with Crippen LogP contribution >= 0.6 is 11.6 Å². The second kappa shape index (κ2) is 5.94. The van der Waals surface area contributed by atoms with Gasteiger partial charge in [-0.05, 0) is 48.2 Å². The summed E-state index contributed by atoms with van der Waals surface area (Å²) in [6, 6.07) is 12.0. The SMILES string of the molecule is CCc1ccc(C(C)(O)Cc2cc(F)ccc2Cl)cc1. The highest BCUT2D eigenvalue weighted by atomic mass is 35.5. The number of rotatable bonds is 4. The highest BCUT2D eigenvalue weighted by Gasteiger charge is 2.24. The van der Waals surface area contributed by atoms with Crippen molar-refractivity contribution in [3.63, 3.8) is 0 Å². The van der Waals surface area contributed by atoms with Gasteiger partial charge in [-0.25, -0.2) is 4.39 Å². The van der Waals surface area contributed by atoms with Crippen LogP contribution in [0.2, 0.25) is 5.02 Å². The van der Waals surface area contributed by atoms with Crippen LogP contribution in [0.4, 0.5) is 4.39 Å². The van der Waals surface area contributed by atoms with Crippen LogP contribution < -0.4 is 0 Å². The van der Waals surface area contributed by atoms with Crippen molar-refractivity contribution in [2.75, 3.05) is 0 Å². The maximum absolute atomic E-state index is 13.3. The Hall–Kier alpha value is -1.38. The molecule has 3 heteroatoms. The minimum atomic E-state index is -1.08. The molecule has 2 aromatic carbocycles. The predicted molar refractivity (Wildman–Crippen MR) is 80.5 cm³/mol. The van der Waals surface area contributed by atoms with Gasteiger partial charge in [0.2, 0.25) is 0 Å². The molecule has 20 heavy (non-hydrogen) atoms. The smallest absolute Gasteiger partial charge is 0.123 e. The van der Waals surface area contributed by atoms with Gasteiger partial charge in [-0.1, -0.05) is 42.8 Å². The van der Waals surface area contributed by atoms with Gasteiger partial charge in [0.1, 0.15) is 5.82 Å². The zero-order chi connectivity index (χ0) is 14.8. The molecule has 2 rings (SSSR count). The summed E-state index contributed by atoms with van der Waals surface area (Å²) in [7, 11) is 0. The summed E-state index contributed by atoms with van der Waals surface area (Å²) in [4.78, 5) is 0. The van der Waals surface area contributed by atoms with Crippen molar-refractivity contribution < 1.29 is 9.50 Å². The first-order valence-corrected chi connectivity index (χ1v) is 7.06. The summed E-state index contributed by atoms with van der Waals surface area (Å²) in [5.41, 5.74) is 1.54. The minimum Gasteiger partial charge on any atom is -0.385 e. The van der Waals surface area contributed by atoms with Gasteiger partial charge >= 0.3 is 0 Å². The second-order valence-corrected chi connectivity index (χ2v) is 5.64. The monoisotopic (exact) mass is 292 g/mol. The fourth-order valence-electron chi connectivity index (χ4n) is 2.25. The molecule has 2 aromatic rings. The number of benzene rings is 2. The third-order valence-corrected chi connectivity index (χ3v) is 3.90. The molecule has 0 aliphatic heterocycles. The first-order chi connectivity index (χ1) is 9.42. The van der Waals surface area contributed by atoms with Crippen LogP contribution in [0.25, 0.3) is 0 Å². The third-order valence-electron chi connectivity index (χ3n) is 3.53. The second-order valence-electron chi connectivity index (χ2n) is 5.24. The zero-order valence-electron chi connectivity index (χ0n) is 11.7. The van der Waals surface area contributed by atoms with Gasteiger partial charge in [0, 0.05) is 11.4 Å². The summed E-state index contributed by atoms with van der Waals surface area (Å²) in [5.74, 6) is -0.346. The summed E-state index contributed by atoms with van der Waals surface area (Å²) >= 11 is 6.06. The lowest BCUT2D eigenvalue weighted by Gasteiger charge is -2.25. The van der Waals surface area contributed by atoms with E-state index in [1.165, 1.54) is 23.8 Å². The van der Waals surface area contributed by atoms with Gasteiger partial charge in [-0.3, -0.25) is 0 Å². The van der Waals surface area contributed by atoms with Crippen LogP contribution in [0, 0.1) is 5.82 Å². The molecule has 0 aliphatic carbocycles. The van der Waals surface area contributed by atoms with Crippen molar-refractivity contribution in [3.05, 3.63) is 70.0 Å². The largest absolute Gasteiger partial charge is 0.385 e. The molecule has 0 aliphatic rings. The van der Waals surface area contributed by atoms with Gasteiger partial charge in [0.15, 0.2) is 0 Å². The standard InChI is InChI=1S/C17H18ClFO/c1-3-12-4-6-14(7-5-12)17(2,20)11-13-10-15(19)8-9-16(13)18/h4-10,20H,3,11H2,1-2H3. The first kappa shape index (κ1) is 15.0. The summed E-state index contributed by atoms with van der Waals surface area (Å²) in [5, 5.41) is 11.1. The molecular weight excluding hydrogens is 275 g/mol. The van der Waals surface area contributed by atoms with E-state index in [1.54, 1.807) is 6.92 Å². The maximum atomic E-state index is 13.3. The van der Waals surface area contributed by atoms with E-state index >= 15 is 0 Å². The fourth-order valence-corrected chi connectivity index (χ4v) is 2.44. The molecule has 0 spiro atoms. The number of halogens is 2. The van der Waals surface area contributed by atoms with Gasteiger partial charge in [0.25, 0.3) is 0 Å². The van der Waals surface area contributed by atoms with E-state index in [-0.39, 0.29) is 12.2 Å². The topological polar surface area (TPSA) is 20.2 Å². The minimum absolute atomic E-state index is 0.273. The van der Waals surface area contributed by atoms with E-state index in [2.05, 4.69) is 6.92 Å². The zero-order valence-corrected chi connectivity index (χ0v) is 12.4.